The average Bonchev–Trinajstić information content (AvgIpc) is 2.84. The third kappa shape index (κ3) is 2.11. The molecule has 0 spiro atoms. The summed E-state index contributed by atoms with van der Waals surface area (Å²) in [6.45, 7) is 2.95. The Morgan fingerprint density at radius 2 is 2.38 bits per heavy atom. The van der Waals surface area contributed by atoms with Gasteiger partial charge in [0.1, 0.15) is 5.69 Å². The standard InChI is InChI=1S/C12H16N2OS/c1-3-4-6-14(2)12(15)10-8-11-9(13-10)5-7-16-11/h5,7-8,13H,3-4,6H2,1-2H3. The summed E-state index contributed by atoms with van der Waals surface area (Å²) >= 11 is 1.65. The third-order valence-corrected chi connectivity index (χ3v) is 3.53. The van der Waals surface area contributed by atoms with E-state index in [2.05, 4.69) is 11.9 Å². The smallest absolute Gasteiger partial charge is 0.270 e. The van der Waals surface area contributed by atoms with Gasteiger partial charge in [-0.2, -0.15) is 0 Å². The molecule has 0 saturated carbocycles. The Bertz CT molecular complexity index is 457. The average molecular weight is 236 g/mol. The summed E-state index contributed by atoms with van der Waals surface area (Å²) in [5.74, 6) is 0.0804. The van der Waals surface area contributed by atoms with Gasteiger partial charge in [-0.05, 0) is 23.9 Å². The second kappa shape index (κ2) is 4.70. The molecular formula is C12H16N2OS. The number of hydrogen-bond donors (Lipinski definition) is 1. The zero-order valence-electron chi connectivity index (χ0n) is 9.62. The van der Waals surface area contributed by atoms with Gasteiger partial charge in [-0.1, -0.05) is 13.3 Å². The van der Waals surface area contributed by atoms with Crippen LogP contribution in [0.25, 0.3) is 10.2 Å². The maximum Gasteiger partial charge on any atom is 0.270 e. The van der Waals surface area contributed by atoms with Crippen molar-refractivity contribution >= 4 is 27.5 Å². The summed E-state index contributed by atoms with van der Waals surface area (Å²) in [5.41, 5.74) is 1.75. The van der Waals surface area contributed by atoms with E-state index in [1.165, 1.54) is 0 Å². The highest BCUT2D eigenvalue weighted by Crippen LogP contribution is 2.21. The van der Waals surface area contributed by atoms with E-state index in [9.17, 15) is 4.79 Å². The number of fused-ring (bicyclic) bond motifs is 1. The fourth-order valence-electron chi connectivity index (χ4n) is 1.67. The summed E-state index contributed by atoms with van der Waals surface area (Å²) in [5, 5.41) is 2.02. The number of carbonyl (C=O) groups excluding carboxylic acids is 1. The molecule has 0 atom stereocenters. The Kier molecular flexibility index (Phi) is 3.29. The van der Waals surface area contributed by atoms with Crippen molar-refractivity contribution in [3.8, 4) is 0 Å². The second-order valence-electron chi connectivity index (χ2n) is 3.96. The fraction of sp³-hybridized carbons (Fsp3) is 0.417. The van der Waals surface area contributed by atoms with Crippen molar-refractivity contribution in [1.82, 2.24) is 9.88 Å². The van der Waals surface area contributed by atoms with Crippen molar-refractivity contribution in [2.75, 3.05) is 13.6 Å². The molecule has 0 radical (unpaired) electrons. The summed E-state index contributed by atoms with van der Waals surface area (Å²) in [4.78, 5) is 16.9. The number of carbonyl (C=O) groups is 1. The van der Waals surface area contributed by atoms with Gasteiger partial charge in [0.25, 0.3) is 5.91 Å². The molecule has 0 fully saturated rings. The van der Waals surface area contributed by atoms with Gasteiger partial charge >= 0.3 is 0 Å². The van der Waals surface area contributed by atoms with E-state index in [0.29, 0.717) is 5.69 Å². The molecule has 2 rings (SSSR count). The Labute approximate surface area is 99.1 Å². The lowest BCUT2D eigenvalue weighted by Gasteiger charge is -2.15. The highest BCUT2D eigenvalue weighted by Gasteiger charge is 2.13. The van der Waals surface area contributed by atoms with Gasteiger partial charge in [-0.3, -0.25) is 4.79 Å². The van der Waals surface area contributed by atoms with Crippen molar-refractivity contribution in [2.24, 2.45) is 0 Å². The van der Waals surface area contributed by atoms with Gasteiger partial charge in [0.05, 0.1) is 10.2 Å². The van der Waals surface area contributed by atoms with Crippen LogP contribution < -0.4 is 0 Å². The zero-order chi connectivity index (χ0) is 11.5. The minimum absolute atomic E-state index is 0.0804. The van der Waals surface area contributed by atoms with Crippen LogP contribution in [0.4, 0.5) is 0 Å². The fourth-order valence-corrected chi connectivity index (χ4v) is 2.45. The van der Waals surface area contributed by atoms with Gasteiger partial charge in [0, 0.05) is 13.6 Å². The molecule has 86 valence electrons. The normalized spacial score (nSPS) is 10.9. The summed E-state index contributed by atoms with van der Waals surface area (Å²) in [6.07, 6.45) is 2.16. The van der Waals surface area contributed by atoms with Crippen molar-refractivity contribution < 1.29 is 4.79 Å². The Balaban J connectivity index is 2.12. The van der Waals surface area contributed by atoms with Gasteiger partial charge in [-0.25, -0.2) is 0 Å². The zero-order valence-corrected chi connectivity index (χ0v) is 10.4. The van der Waals surface area contributed by atoms with E-state index in [0.717, 1.165) is 29.6 Å². The molecule has 2 aromatic heterocycles. The molecule has 0 unspecified atom stereocenters. The van der Waals surface area contributed by atoms with Crippen LogP contribution in [-0.4, -0.2) is 29.4 Å². The quantitative estimate of drug-likeness (QED) is 0.870. The molecule has 0 aliphatic rings. The Morgan fingerprint density at radius 3 is 3.06 bits per heavy atom. The van der Waals surface area contributed by atoms with Gasteiger partial charge in [0.15, 0.2) is 0 Å². The first-order valence-corrected chi connectivity index (χ1v) is 6.42. The van der Waals surface area contributed by atoms with E-state index in [1.807, 2.05) is 24.6 Å². The predicted octanol–water partition coefficient (Wildman–Crippen LogP) is 3.10. The lowest BCUT2D eigenvalue weighted by atomic mass is 10.3. The number of nitrogens with one attached hydrogen (secondary N) is 1. The van der Waals surface area contributed by atoms with E-state index in [-0.39, 0.29) is 5.91 Å². The predicted molar refractivity (Wildman–Crippen MR) is 68.0 cm³/mol. The van der Waals surface area contributed by atoms with Crippen LogP contribution in [0.2, 0.25) is 0 Å². The number of hydrogen-bond acceptors (Lipinski definition) is 2. The molecule has 1 N–H and O–H groups in total. The topological polar surface area (TPSA) is 36.1 Å². The number of H-pyrrole nitrogens is 1. The first-order valence-electron chi connectivity index (χ1n) is 5.54. The van der Waals surface area contributed by atoms with E-state index in [4.69, 9.17) is 0 Å². The number of amides is 1. The lowest BCUT2D eigenvalue weighted by molar-refractivity contribution is 0.0788. The molecule has 0 aliphatic carbocycles. The maximum atomic E-state index is 12.0. The van der Waals surface area contributed by atoms with Crippen LogP contribution in [0.5, 0.6) is 0 Å². The number of unbranched alkanes of at least 4 members (excludes halogenated alkanes) is 1. The molecule has 0 aromatic carbocycles. The van der Waals surface area contributed by atoms with Crippen molar-refractivity contribution in [2.45, 2.75) is 19.8 Å². The van der Waals surface area contributed by atoms with Gasteiger partial charge < -0.3 is 9.88 Å². The van der Waals surface area contributed by atoms with Crippen molar-refractivity contribution in [1.29, 1.82) is 0 Å². The van der Waals surface area contributed by atoms with Gasteiger partial charge in [-0.15, -0.1) is 11.3 Å². The van der Waals surface area contributed by atoms with Crippen LogP contribution in [0.3, 0.4) is 0 Å². The minimum Gasteiger partial charge on any atom is -0.350 e. The molecule has 16 heavy (non-hydrogen) atoms. The summed E-state index contributed by atoms with van der Waals surface area (Å²) < 4.78 is 1.15. The van der Waals surface area contributed by atoms with Crippen LogP contribution in [-0.2, 0) is 0 Å². The first-order chi connectivity index (χ1) is 7.72. The van der Waals surface area contributed by atoms with Crippen LogP contribution >= 0.6 is 11.3 Å². The van der Waals surface area contributed by atoms with Gasteiger partial charge in [0.2, 0.25) is 0 Å². The maximum absolute atomic E-state index is 12.0. The van der Waals surface area contributed by atoms with E-state index in [1.54, 1.807) is 16.2 Å². The molecule has 4 heteroatoms. The molecule has 0 bridgehead atoms. The molecular weight excluding hydrogens is 220 g/mol. The SMILES string of the molecule is CCCCN(C)C(=O)c1cc2sccc2[nH]1. The Hall–Kier alpha value is -1.29. The Morgan fingerprint density at radius 1 is 1.56 bits per heavy atom. The van der Waals surface area contributed by atoms with Crippen LogP contribution in [0.1, 0.15) is 30.3 Å². The number of thiophene rings is 1. The van der Waals surface area contributed by atoms with Crippen LogP contribution in [0.15, 0.2) is 17.5 Å². The molecule has 2 heterocycles. The first kappa shape index (κ1) is 11.2. The highest BCUT2D eigenvalue weighted by atomic mass is 32.1. The van der Waals surface area contributed by atoms with E-state index >= 15 is 0 Å². The minimum atomic E-state index is 0.0804. The largest absolute Gasteiger partial charge is 0.350 e. The molecule has 0 aliphatic heterocycles. The molecule has 1 amide bonds. The van der Waals surface area contributed by atoms with Crippen molar-refractivity contribution in [3.63, 3.8) is 0 Å². The molecule has 2 aromatic rings. The molecule has 3 nitrogen and oxygen atoms in total. The van der Waals surface area contributed by atoms with Crippen LogP contribution in [0, 0.1) is 0 Å². The molecule has 0 saturated heterocycles. The number of aromatic nitrogens is 1. The van der Waals surface area contributed by atoms with Crippen molar-refractivity contribution in [3.05, 3.63) is 23.2 Å². The highest BCUT2D eigenvalue weighted by molar-refractivity contribution is 7.17. The number of aromatic amines is 1. The summed E-state index contributed by atoms with van der Waals surface area (Å²) in [7, 11) is 1.85. The van der Waals surface area contributed by atoms with E-state index < -0.39 is 0 Å². The monoisotopic (exact) mass is 236 g/mol. The summed E-state index contributed by atoms with van der Waals surface area (Å²) in [6, 6.07) is 3.94. The third-order valence-electron chi connectivity index (χ3n) is 2.66. The second-order valence-corrected chi connectivity index (χ2v) is 4.91. The number of nitrogens with zero attached hydrogens (tertiary/aromatic N) is 1. The lowest BCUT2D eigenvalue weighted by Crippen LogP contribution is -2.27. The number of rotatable bonds is 4.